The summed E-state index contributed by atoms with van der Waals surface area (Å²) in [5.74, 6) is 0. The van der Waals surface area contributed by atoms with E-state index in [0.717, 1.165) is 19.3 Å². The molecule has 3 heteroatoms. The Hall–Kier alpha value is -1.90. The van der Waals surface area contributed by atoms with Crippen LogP contribution in [0.4, 0.5) is 0 Å². The zero-order valence-electron chi connectivity index (χ0n) is 9.02. The fraction of sp³-hybridized carbons (Fsp3) is 0.231. The number of benzene rings is 1. The van der Waals surface area contributed by atoms with Gasteiger partial charge < -0.3 is 4.98 Å². The molecule has 0 atom stereocenters. The fourth-order valence-corrected chi connectivity index (χ4v) is 1.66. The average Bonchev–Trinajstić information content (AvgIpc) is 2.33. The summed E-state index contributed by atoms with van der Waals surface area (Å²) in [5.41, 5.74) is 1.85. The molecule has 0 unspecified atom stereocenters. The van der Waals surface area contributed by atoms with E-state index in [9.17, 15) is 4.79 Å². The number of nitrogens with zero attached hydrogens (tertiary/aromatic N) is 1. The van der Waals surface area contributed by atoms with Gasteiger partial charge in [-0.25, -0.2) is 0 Å². The first-order chi connectivity index (χ1) is 7.86. The molecular weight excluding hydrogens is 200 g/mol. The van der Waals surface area contributed by atoms with Crippen LogP contribution in [0, 0.1) is 0 Å². The van der Waals surface area contributed by atoms with Crippen LogP contribution in [0.3, 0.4) is 0 Å². The summed E-state index contributed by atoms with van der Waals surface area (Å²) in [6.07, 6.45) is 5.84. The molecule has 0 saturated carbocycles. The zero-order valence-corrected chi connectivity index (χ0v) is 9.02. The topological polar surface area (TPSA) is 45.8 Å². The van der Waals surface area contributed by atoms with Gasteiger partial charge in [0.1, 0.15) is 5.69 Å². The molecule has 3 nitrogen and oxygen atoms in total. The molecular formula is C13H14N2O. The number of hydrogen-bond donors (Lipinski definition) is 1. The van der Waals surface area contributed by atoms with Gasteiger partial charge in [0.2, 0.25) is 0 Å². The van der Waals surface area contributed by atoms with Crippen LogP contribution in [-0.4, -0.2) is 9.97 Å². The fourth-order valence-electron chi connectivity index (χ4n) is 1.66. The molecule has 0 radical (unpaired) electrons. The van der Waals surface area contributed by atoms with Gasteiger partial charge in [-0.2, -0.15) is 0 Å². The molecule has 0 fully saturated rings. The van der Waals surface area contributed by atoms with Gasteiger partial charge in [0.15, 0.2) is 0 Å². The van der Waals surface area contributed by atoms with E-state index >= 15 is 0 Å². The van der Waals surface area contributed by atoms with Crippen molar-refractivity contribution in [2.75, 3.05) is 0 Å². The third kappa shape index (κ3) is 2.79. The highest BCUT2D eigenvalue weighted by atomic mass is 16.1. The first-order valence-electron chi connectivity index (χ1n) is 5.43. The maximum Gasteiger partial charge on any atom is 0.269 e. The van der Waals surface area contributed by atoms with Crippen LogP contribution in [0.1, 0.15) is 17.7 Å². The number of rotatable bonds is 4. The van der Waals surface area contributed by atoms with Crippen LogP contribution in [0.5, 0.6) is 0 Å². The molecule has 0 saturated heterocycles. The molecule has 1 aromatic carbocycles. The molecule has 0 amide bonds. The molecule has 16 heavy (non-hydrogen) atoms. The number of aromatic nitrogens is 2. The second kappa shape index (κ2) is 5.26. The highest BCUT2D eigenvalue weighted by Crippen LogP contribution is 2.04. The van der Waals surface area contributed by atoms with E-state index in [2.05, 4.69) is 22.1 Å². The smallest absolute Gasteiger partial charge is 0.269 e. The Bertz CT molecular complexity index is 491. The lowest BCUT2D eigenvalue weighted by Gasteiger charge is -2.00. The SMILES string of the molecule is O=c1[nH]ccnc1CCCc1ccccc1. The van der Waals surface area contributed by atoms with Crippen molar-refractivity contribution >= 4 is 0 Å². The van der Waals surface area contributed by atoms with Crippen LogP contribution < -0.4 is 5.56 Å². The third-order valence-electron chi connectivity index (χ3n) is 2.50. The Balaban J connectivity index is 1.90. The van der Waals surface area contributed by atoms with Crippen LogP contribution in [0.2, 0.25) is 0 Å². The summed E-state index contributed by atoms with van der Waals surface area (Å²) >= 11 is 0. The van der Waals surface area contributed by atoms with Crippen LogP contribution >= 0.6 is 0 Å². The normalized spacial score (nSPS) is 10.2. The maximum absolute atomic E-state index is 11.3. The largest absolute Gasteiger partial charge is 0.326 e. The van der Waals surface area contributed by atoms with Crippen LogP contribution in [0.25, 0.3) is 0 Å². The number of nitrogens with one attached hydrogen (secondary N) is 1. The second-order valence-electron chi connectivity index (χ2n) is 3.70. The van der Waals surface area contributed by atoms with Gasteiger partial charge in [0.25, 0.3) is 5.56 Å². The van der Waals surface area contributed by atoms with Crippen molar-refractivity contribution in [1.82, 2.24) is 9.97 Å². The average molecular weight is 214 g/mol. The Kier molecular flexibility index (Phi) is 3.49. The molecule has 82 valence electrons. The van der Waals surface area contributed by atoms with Crippen molar-refractivity contribution in [3.8, 4) is 0 Å². The minimum absolute atomic E-state index is 0.0736. The summed E-state index contributed by atoms with van der Waals surface area (Å²) in [6.45, 7) is 0. The molecule has 0 bridgehead atoms. The summed E-state index contributed by atoms with van der Waals surface area (Å²) in [4.78, 5) is 18.0. The molecule has 1 heterocycles. The number of aromatic amines is 1. The van der Waals surface area contributed by atoms with Crippen molar-refractivity contribution < 1.29 is 0 Å². The lowest BCUT2D eigenvalue weighted by Crippen LogP contribution is -2.13. The molecule has 0 spiro atoms. The lowest BCUT2D eigenvalue weighted by atomic mass is 10.1. The van der Waals surface area contributed by atoms with Gasteiger partial charge in [-0.3, -0.25) is 9.78 Å². The highest BCUT2D eigenvalue weighted by molar-refractivity contribution is 5.14. The summed E-state index contributed by atoms with van der Waals surface area (Å²) < 4.78 is 0. The zero-order chi connectivity index (χ0) is 11.2. The molecule has 0 aliphatic heterocycles. The predicted molar refractivity (Wildman–Crippen MR) is 63.3 cm³/mol. The van der Waals surface area contributed by atoms with Gasteiger partial charge in [-0.05, 0) is 24.8 Å². The van der Waals surface area contributed by atoms with Gasteiger partial charge >= 0.3 is 0 Å². The quantitative estimate of drug-likeness (QED) is 0.845. The number of H-pyrrole nitrogens is 1. The molecule has 2 rings (SSSR count). The van der Waals surface area contributed by atoms with Crippen molar-refractivity contribution in [3.05, 3.63) is 64.3 Å². The lowest BCUT2D eigenvalue weighted by molar-refractivity contribution is 0.784. The highest BCUT2D eigenvalue weighted by Gasteiger charge is 1.99. The van der Waals surface area contributed by atoms with E-state index in [4.69, 9.17) is 0 Å². The minimum atomic E-state index is -0.0736. The molecule has 0 aliphatic rings. The van der Waals surface area contributed by atoms with E-state index < -0.39 is 0 Å². The van der Waals surface area contributed by atoms with Crippen LogP contribution in [0.15, 0.2) is 47.5 Å². The molecule has 1 aromatic heterocycles. The maximum atomic E-state index is 11.3. The van der Waals surface area contributed by atoms with Gasteiger partial charge in [-0.1, -0.05) is 30.3 Å². The monoisotopic (exact) mass is 214 g/mol. The number of aryl methyl sites for hydroxylation is 2. The van der Waals surface area contributed by atoms with Gasteiger partial charge in [0, 0.05) is 12.4 Å². The van der Waals surface area contributed by atoms with E-state index in [1.165, 1.54) is 5.56 Å². The standard InChI is InChI=1S/C13H14N2O/c16-13-12(14-9-10-15-13)8-4-7-11-5-2-1-3-6-11/h1-3,5-6,9-10H,4,7-8H2,(H,15,16). The van der Waals surface area contributed by atoms with Crippen molar-refractivity contribution in [2.45, 2.75) is 19.3 Å². The predicted octanol–water partition coefficient (Wildman–Crippen LogP) is 1.95. The summed E-state index contributed by atoms with van der Waals surface area (Å²) in [7, 11) is 0. The third-order valence-corrected chi connectivity index (χ3v) is 2.50. The first-order valence-corrected chi connectivity index (χ1v) is 5.43. The number of hydrogen-bond acceptors (Lipinski definition) is 2. The van der Waals surface area contributed by atoms with Gasteiger partial charge in [-0.15, -0.1) is 0 Å². The van der Waals surface area contributed by atoms with Gasteiger partial charge in [0.05, 0.1) is 0 Å². The Morgan fingerprint density at radius 3 is 2.69 bits per heavy atom. The molecule has 2 aromatic rings. The van der Waals surface area contributed by atoms with Crippen molar-refractivity contribution in [3.63, 3.8) is 0 Å². The van der Waals surface area contributed by atoms with Crippen molar-refractivity contribution in [1.29, 1.82) is 0 Å². The Morgan fingerprint density at radius 1 is 1.12 bits per heavy atom. The van der Waals surface area contributed by atoms with Crippen LogP contribution in [-0.2, 0) is 12.8 Å². The summed E-state index contributed by atoms with van der Waals surface area (Å²) in [5, 5.41) is 0. The Labute approximate surface area is 94.2 Å². The van der Waals surface area contributed by atoms with E-state index in [0.29, 0.717) is 5.69 Å². The second-order valence-corrected chi connectivity index (χ2v) is 3.70. The van der Waals surface area contributed by atoms with E-state index in [-0.39, 0.29) is 5.56 Å². The van der Waals surface area contributed by atoms with E-state index in [1.54, 1.807) is 12.4 Å². The molecule has 1 N–H and O–H groups in total. The minimum Gasteiger partial charge on any atom is -0.326 e. The van der Waals surface area contributed by atoms with E-state index in [1.807, 2.05) is 18.2 Å². The van der Waals surface area contributed by atoms with Crippen molar-refractivity contribution in [2.24, 2.45) is 0 Å². The summed E-state index contributed by atoms with van der Waals surface area (Å²) in [6, 6.07) is 10.3. The first kappa shape index (κ1) is 10.6. The molecule has 0 aliphatic carbocycles. The Morgan fingerprint density at radius 2 is 1.94 bits per heavy atom.